The Morgan fingerprint density at radius 1 is 0.512 bits per heavy atom. The fourth-order valence-corrected chi connectivity index (χ4v) is 59.2. The Morgan fingerprint density at radius 3 is 1.05 bits per heavy atom. The molecule has 7 nitrogen and oxygen atoms in total. The van der Waals surface area contributed by atoms with Crippen molar-refractivity contribution in [1.29, 1.82) is 0 Å². The van der Waals surface area contributed by atoms with Crippen molar-refractivity contribution < 1.29 is 26.5 Å². The standard InChI is InChI=1S/C4H13O7P2.6C4H9.3ClH.3Sn/c1-3-9-13(8,10-4-2)11-12(5,6)7;6*1-3-4-2;;;;;;/h13H,3-4H2,1-2H3,(H2,5,6,7);6*1,3-4H2,2H3;3*1H;;;/q-1;;;;;;;;;;3*+2/p-5. The van der Waals surface area contributed by atoms with Crippen LogP contribution in [-0.2, 0) is 26.5 Å². The van der Waals surface area contributed by atoms with Gasteiger partial charge in [0.1, 0.15) is 0 Å². The summed E-state index contributed by atoms with van der Waals surface area (Å²) in [6, 6.07) is 0. The summed E-state index contributed by atoms with van der Waals surface area (Å²) in [5.74, 6) is 0. The normalized spacial score (nSPS) is 14.0. The van der Waals surface area contributed by atoms with E-state index in [1.165, 1.54) is 0 Å². The summed E-state index contributed by atoms with van der Waals surface area (Å²) in [7, 11) is 13.7. The van der Waals surface area contributed by atoms with E-state index in [0.29, 0.717) is 17.7 Å². The van der Waals surface area contributed by atoms with Crippen molar-refractivity contribution in [2.24, 2.45) is 0 Å². The van der Waals surface area contributed by atoms with Gasteiger partial charge in [-0.05, 0) is 0 Å². The van der Waals surface area contributed by atoms with Gasteiger partial charge < -0.3 is 0 Å². The Bertz CT molecular complexity index is 700. The second kappa shape index (κ2) is 25.6. The molecule has 15 heteroatoms. The number of hydrogen-bond donors (Lipinski definition) is 0. The Morgan fingerprint density at radius 2 is 0.791 bits per heavy atom. The maximum absolute atomic E-state index is 15.2. The Balaban J connectivity index is 7.00. The third-order valence-corrected chi connectivity index (χ3v) is 57.4. The van der Waals surface area contributed by atoms with E-state index in [2.05, 4.69) is 41.5 Å². The van der Waals surface area contributed by atoms with Gasteiger partial charge in [0.05, 0.1) is 0 Å². The van der Waals surface area contributed by atoms with Crippen LogP contribution in [0.1, 0.15) is 132 Å². The third kappa shape index (κ3) is 20.2. The van der Waals surface area contributed by atoms with Crippen LogP contribution in [-0.4, -0.2) is 66.2 Å². The van der Waals surface area contributed by atoms with E-state index < -0.39 is 69.0 Å². The zero-order valence-corrected chi connectivity index (χ0v) is 41.3. The molecule has 0 bridgehead atoms. The van der Waals surface area contributed by atoms with Crippen LogP contribution >= 0.6 is 42.8 Å². The van der Waals surface area contributed by atoms with Gasteiger partial charge in [0, 0.05) is 0 Å². The van der Waals surface area contributed by atoms with Gasteiger partial charge in [-0.2, -0.15) is 0 Å². The van der Waals surface area contributed by atoms with Crippen LogP contribution in [0, 0.1) is 0 Å². The quantitative estimate of drug-likeness (QED) is 0.0524. The van der Waals surface area contributed by atoms with Gasteiger partial charge in [-0.3, -0.25) is 0 Å². The first-order chi connectivity index (χ1) is 20.3. The molecule has 0 saturated carbocycles. The average molecular weight is 1040 g/mol. The minimum atomic E-state index is -4.36. The zero-order valence-electron chi connectivity index (χ0n) is 28.6. The van der Waals surface area contributed by atoms with Gasteiger partial charge in [-0.1, -0.05) is 0 Å². The molecule has 0 spiro atoms. The van der Waals surface area contributed by atoms with Crippen molar-refractivity contribution in [1.82, 2.24) is 0 Å². The first-order valence-electron chi connectivity index (χ1n) is 17.1. The van der Waals surface area contributed by atoms with Gasteiger partial charge in [0.25, 0.3) is 0 Å². The summed E-state index contributed by atoms with van der Waals surface area (Å²) in [5, 5.41) is 0. The Kier molecular flexibility index (Phi) is 27.8. The molecule has 0 aliphatic heterocycles. The predicted molar refractivity (Wildman–Crippen MR) is 197 cm³/mol. The fourth-order valence-electron chi connectivity index (χ4n) is 4.65. The van der Waals surface area contributed by atoms with Crippen LogP contribution < -0.4 is 0 Å². The molecule has 0 radical (unpaired) electrons. The first kappa shape index (κ1) is 46.7. The molecule has 43 heavy (non-hydrogen) atoms. The van der Waals surface area contributed by atoms with Crippen LogP contribution in [0.2, 0.25) is 26.6 Å². The van der Waals surface area contributed by atoms with E-state index in [4.69, 9.17) is 48.7 Å². The summed E-state index contributed by atoms with van der Waals surface area (Å²) < 4.78 is 58.8. The number of halogens is 3. The van der Waals surface area contributed by atoms with Gasteiger partial charge >= 0.3 is 295 Å². The molecule has 0 rings (SSSR count). The van der Waals surface area contributed by atoms with E-state index in [1.807, 2.05) is 13.8 Å². The van der Waals surface area contributed by atoms with Crippen LogP contribution in [0.15, 0.2) is 0 Å². The zero-order chi connectivity index (χ0) is 32.9. The van der Waals surface area contributed by atoms with Gasteiger partial charge in [-0.15, -0.1) is 0 Å². The van der Waals surface area contributed by atoms with Crippen molar-refractivity contribution in [3.05, 3.63) is 0 Å². The summed E-state index contributed by atoms with van der Waals surface area (Å²) >= 11 is -11.8. The Labute approximate surface area is 291 Å². The van der Waals surface area contributed by atoms with E-state index in [1.54, 1.807) is 0 Å². The van der Waals surface area contributed by atoms with Crippen LogP contribution in [0.4, 0.5) is 0 Å². The molecular weight excluding hydrogens is 973 g/mol. The molecule has 0 aliphatic rings. The van der Waals surface area contributed by atoms with Gasteiger partial charge in [-0.25, -0.2) is 0 Å². The van der Waals surface area contributed by atoms with Gasteiger partial charge in [0.2, 0.25) is 0 Å². The molecular formula is C28H65Cl3O7P2Sn3. The first-order valence-corrected chi connectivity index (χ1v) is 46.6. The fraction of sp³-hybridized carbons (Fsp3) is 1.00. The van der Waals surface area contributed by atoms with Gasteiger partial charge in [0.15, 0.2) is 0 Å². The van der Waals surface area contributed by atoms with Crippen molar-refractivity contribution in [3.63, 3.8) is 0 Å². The third-order valence-electron chi connectivity index (χ3n) is 7.15. The molecule has 0 aliphatic carbocycles. The summed E-state index contributed by atoms with van der Waals surface area (Å²) in [6.45, 7) is 17.0. The number of unbranched alkanes of at least 4 members (excludes halogenated alkanes) is 6. The molecule has 0 fully saturated rings. The SMILES string of the molecule is CCC[CH2][Sn]([Cl])([CH2]CCC)[O]P(=O)(O[PH](OCC)(OCC)[O][Sn]([Cl])([CH2]CCC)[CH2]CCC)[O][Sn]([Cl])([CH2]CCC)[CH2]CCC. The molecule has 0 aromatic heterocycles. The van der Waals surface area contributed by atoms with E-state index in [-0.39, 0.29) is 13.2 Å². The number of phosphoric acid groups is 1. The predicted octanol–water partition coefficient (Wildman–Crippen LogP) is 13.5. The van der Waals surface area contributed by atoms with Crippen LogP contribution in [0.3, 0.4) is 0 Å². The Hall–Kier alpha value is 3.69. The topological polar surface area (TPSA) is 72.5 Å². The summed E-state index contributed by atoms with van der Waals surface area (Å²) in [5.41, 5.74) is 0. The molecule has 0 atom stereocenters. The van der Waals surface area contributed by atoms with Crippen molar-refractivity contribution in [2.45, 2.75) is 159 Å². The second-order valence-corrected chi connectivity index (χ2v) is 57.7. The molecule has 0 aromatic carbocycles. The summed E-state index contributed by atoms with van der Waals surface area (Å²) in [4.78, 5) is 0. The van der Waals surface area contributed by atoms with Crippen LogP contribution in [0.25, 0.3) is 0 Å². The maximum atomic E-state index is 15.2. The second-order valence-electron chi connectivity index (χ2n) is 11.5. The minimum absolute atomic E-state index is 0.245. The molecule has 0 saturated heterocycles. The van der Waals surface area contributed by atoms with Crippen molar-refractivity contribution in [2.75, 3.05) is 13.2 Å². The van der Waals surface area contributed by atoms with E-state index in [9.17, 15) is 0 Å². The van der Waals surface area contributed by atoms with Crippen molar-refractivity contribution >= 4 is 95.7 Å². The van der Waals surface area contributed by atoms with E-state index >= 15 is 4.57 Å². The molecule has 262 valence electrons. The molecule has 0 amide bonds. The van der Waals surface area contributed by atoms with E-state index in [0.717, 1.165) is 85.9 Å². The molecule has 0 heterocycles. The number of hydrogen-bond acceptors (Lipinski definition) is 7. The average Bonchev–Trinajstić information content (AvgIpc) is 2.95. The van der Waals surface area contributed by atoms with Crippen molar-refractivity contribution in [3.8, 4) is 0 Å². The van der Waals surface area contributed by atoms with Crippen LogP contribution in [0.5, 0.6) is 0 Å². The molecule has 0 aromatic rings. The summed E-state index contributed by atoms with van der Waals surface area (Å²) in [6.07, 6.45) is 11.4. The number of rotatable bonds is 30. The molecule has 0 unspecified atom stereocenters. The monoisotopic (exact) mass is 1040 g/mol. The molecule has 0 N–H and O–H groups in total.